The first-order valence-electron chi connectivity index (χ1n) is 18.9. The van der Waals surface area contributed by atoms with E-state index in [4.69, 9.17) is 0 Å². The summed E-state index contributed by atoms with van der Waals surface area (Å²) in [7, 11) is 0. The molecule has 0 radical (unpaired) electrons. The molecule has 0 fully saturated rings. The third kappa shape index (κ3) is 12.6. The zero-order valence-electron chi connectivity index (χ0n) is 33.4. The summed E-state index contributed by atoms with van der Waals surface area (Å²) in [6.45, 7) is 22.7. The van der Waals surface area contributed by atoms with E-state index in [1.165, 1.54) is 133 Å². The van der Waals surface area contributed by atoms with E-state index in [9.17, 15) is 0 Å². The van der Waals surface area contributed by atoms with E-state index in [1.54, 1.807) is 0 Å². The normalized spacial score (nSPS) is 11.5. The Bertz CT molecular complexity index is 1680. The summed E-state index contributed by atoms with van der Waals surface area (Å²) in [6.07, 6.45) is 8.54. The summed E-state index contributed by atoms with van der Waals surface area (Å²) in [5.74, 6) is 0. The van der Waals surface area contributed by atoms with E-state index in [2.05, 4.69) is 142 Å². The summed E-state index contributed by atoms with van der Waals surface area (Å²) < 4.78 is 1.45. The number of aryl methyl sites for hydroxylation is 4. The molecule has 3 heteroatoms. The molecule has 0 saturated carbocycles. The maximum atomic E-state index is 3.69. The van der Waals surface area contributed by atoms with Crippen LogP contribution in [-0.2, 0) is 54.3 Å². The van der Waals surface area contributed by atoms with Gasteiger partial charge in [0.25, 0.3) is 0 Å². The second-order valence-corrected chi connectivity index (χ2v) is 17.4. The Hall–Kier alpha value is -2.44. The number of unbranched alkanes of at least 4 members (excludes halogenated alkanes) is 2. The minimum absolute atomic E-state index is 0. The number of hydrogen-bond donors (Lipinski definition) is 0. The monoisotopic (exact) mass is 808 g/mol. The number of hydrogen-bond acceptors (Lipinski definition) is 0. The van der Waals surface area contributed by atoms with E-state index < -0.39 is 0 Å². The molecule has 0 aromatic heterocycles. The number of halogens is 2. The van der Waals surface area contributed by atoms with E-state index in [0.29, 0.717) is 0 Å². The van der Waals surface area contributed by atoms with Gasteiger partial charge in [0, 0.05) is 0 Å². The SMILES string of the molecule is CCCCc1ccc([C](=[Zr+2])c2ccc(CCCC)cc2)cc1.Cc1[c-]c2c(cc1C(C)(C)C)-c1cc(C(C)(C)C)c(C)cc1C2.[Cl-].[Cl-].c1cc[cH-]c1. The van der Waals surface area contributed by atoms with Gasteiger partial charge >= 0.3 is 151 Å². The van der Waals surface area contributed by atoms with Crippen LogP contribution in [0.2, 0.25) is 0 Å². The summed E-state index contributed by atoms with van der Waals surface area (Å²) in [5.41, 5.74) is 17.3. The van der Waals surface area contributed by atoms with Gasteiger partial charge < -0.3 is 24.8 Å². The summed E-state index contributed by atoms with van der Waals surface area (Å²) in [4.78, 5) is 0. The van der Waals surface area contributed by atoms with Gasteiger partial charge in [0.05, 0.1) is 0 Å². The quantitative estimate of drug-likeness (QED) is 0.143. The topological polar surface area (TPSA) is 0 Å². The molecule has 1 aliphatic carbocycles. The van der Waals surface area contributed by atoms with Gasteiger partial charge in [-0.25, -0.2) is 12.1 Å². The standard InChI is InChI=1S/C23H29.C21H26.C5H5.2ClH.Zr/c1-14-9-16-11-17-10-15(2)21(23(6,7)8)13-19(17)18(16)12-20(14)22(3,4)5;1-3-5-7-18-9-13-20(14-10-18)17-21-15-11-19(12-16-21)8-6-4-2;1-2-4-5-3-1;;;/h9,12-13H,11H2,1-8H3;9-16H,3-8H2,1-2H3;1-5H;2*1H;/q-1;;-1;;;+2/p-2. The van der Waals surface area contributed by atoms with Crippen molar-refractivity contribution < 1.29 is 49.0 Å². The molecule has 0 saturated heterocycles. The summed E-state index contributed by atoms with van der Waals surface area (Å²) >= 11 is 1.48. The smallest absolute Gasteiger partial charge is 0.0129 e. The van der Waals surface area contributed by atoms with Crippen LogP contribution in [0.5, 0.6) is 0 Å². The average Bonchev–Trinajstić information content (AvgIpc) is 3.77. The van der Waals surface area contributed by atoms with Crippen LogP contribution in [-0.4, -0.2) is 3.21 Å². The molecule has 0 nitrogen and oxygen atoms in total. The van der Waals surface area contributed by atoms with Crippen molar-refractivity contribution in [2.75, 3.05) is 0 Å². The molecule has 0 bridgehead atoms. The summed E-state index contributed by atoms with van der Waals surface area (Å²) in [5, 5.41) is 0. The second kappa shape index (κ2) is 20.9. The number of rotatable bonds is 8. The van der Waals surface area contributed by atoms with Gasteiger partial charge in [-0.1, -0.05) is 71.6 Å². The van der Waals surface area contributed by atoms with E-state index in [0.717, 1.165) is 6.42 Å². The molecule has 1 aliphatic rings. The van der Waals surface area contributed by atoms with Crippen LogP contribution in [0.4, 0.5) is 0 Å². The van der Waals surface area contributed by atoms with Crippen molar-refractivity contribution in [3.8, 4) is 11.1 Å². The molecule has 0 amide bonds. The van der Waals surface area contributed by atoms with Crippen LogP contribution in [0, 0.1) is 19.9 Å². The molecule has 5 aromatic rings. The van der Waals surface area contributed by atoms with E-state index in [-0.39, 0.29) is 35.6 Å². The fraction of sp³-hybridized carbons (Fsp3) is 0.388. The van der Waals surface area contributed by atoms with E-state index in [1.807, 2.05) is 30.3 Å². The summed E-state index contributed by atoms with van der Waals surface area (Å²) in [6, 6.07) is 39.3. The Morgan fingerprint density at radius 1 is 0.673 bits per heavy atom. The Balaban J connectivity index is 0.000000307. The zero-order valence-corrected chi connectivity index (χ0v) is 37.4. The van der Waals surface area contributed by atoms with Crippen LogP contribution < -0.4 is 24.8 Å². The van der Waals surface area contributed by atoms with Crippen LogP contribution in [0.1, 0.15) is 137 Å². The van der Waals surface area contributed by atoms with Gasteiger partial charge in [-0.2, -0.15) is 35.9 Å². The molecular weight excluding hydrogens is 751 g/mol. The Labute approximate surface area is 344 Å². The van der Waals surface area contributed by atoms with Crippen molar-refractivity contribution in [2.24, 2.45) is 0 Å². The zero-order chi connectivity index (χ0) is 36.5. The van der Waals surface area contributed by atoms with Gasteiger partial charge in [-0.15, -0.1) is 16.7 Å². The minimum atomic E-state index is 0. The van der Waals surface area contributed by atoms with Crippen molar-refractivity contribution in [2.45, 2.75) is 125 Å². The van der Waals surface area contributed by atoms with Crippen LogP contribution in [0.15, 0.2) is 97.1 Å². The van der Waals surface area contributed by atoms with Gasteiger partial charge in [0.15, 0.2) is 0 Å². The van der Waals surface area contributed by atoms with Gasteiger partial charge in [-0.3, -0.25) is 0 Å². The predicted octanol–water partition coefficient (Wildman–Crippen LogP) is 7.17. The third-order valence-corrected chi connectivity index (χ3v) is 11.2. The molecule has 0 aliphatic heterocycles. The minimum Gasteiger partial charge on any atom is -1.00 e. The molecule has 52 heavy (non-hydrogen) atoms. The van der Waals surface area contributed by atoms with Crippen LogP contribution >= 0.6 is 0 Å². The first-order chi connectivity index (χ1) is 23.7. The predicted molar refractivity (Wildman–Crippen MR) is 216 cm³/mol. The molecule has 0 spiro atoms. The molecule has 0 N–H and O–H groups in total. The first kappa shape index (κ1) is 45.7. The molecular formula is C49H60Cl2Zr-2. The fourth-order valence-electron chi connectivity index (χ4n) is 6.95. The fourth-order valence-corrected chi connectivity index (χ4v) is 7.77. The second-order valence-electron chi connectivity index (χ2n) is 16.1. The largest absolute Gasteiger partial charge is 1.00 e. The van der Waals surface area contributed by atoms with Crippen molar-refractivity contribution in [3.63, 3.8) is 0 Å². The van der Waals surface area contributed by atoms with Crippen molar-refractivity contribution in [1.29, 1.82) is 0 Å². The van der Waals surface area contributed by atoms with Crippen molar-refractivity contribution >= 4 is 3.21 Å². The van der Waals surface area contributed by atoms with Crippen molar-refractivity contribution in [1.82, 2.24) is 0 Å². The third-order valence-electron chi connectivity index (χ3n) is 9.76. The first-order valence-corrected chi connectivity index (χ1v) is 20.1. The molecule has 276 valence electrons. The average molecular weight is 811 g/mol. The molecule has 0 atom stereocenters. The Morgan fingerprint density at radius 2 is 1.13 bits per heavy atom. The van der Waals surface area contributed by atoms with Crippen LogP contribution in [0.25, 0.3) is 11.1 Å². The van der Waals surface area contributed by atoms with E-state index >= 15 is 0 Å². The maximum Gasteiger partial charge on any atom is -0.0129 e. The molecule has 5 aromatic carbocycles. The van der Waals surface area contributed by atoms with Gasteiger partial charge in [0.2, 0.25) is 0 Å². The Kier molecular flexibility index (Phi) is 18.3. The number of benzene rings is 4. The van der Waals surface area contributed by atoms with Gasteiger partial charge in [-0.05, 0) is 35.4 Å². The molecule has 6 rings (SSSR count). The number of fused-ring (bicyclic) bond motifs is 3. The molecule has 0 heterocycles. The Morgan fingerprint density at radius 3 is 1.54 bits per heavy atom. The molecule has 0 unspecified atom stereocenters. The van der Waals surface area contributed by atoms with Crippen LogP contribution in [0.3, 0.4) is 0 Å². The van der Waals surface area contributed by atoms with Gasteiger partial charge in [0.1, 0.15) is 0 Å². The maximum absolute atomic E-state index is 3.69. The van der Waals surface area contributed by atoms with Crippen molar-refractivity contribution in [3.05, 3.63) is 159 Å².